The van der Waals surface area contributed by atoms with Crippen LogP contribution in [0.15, 0.2) is 65.6 Å². The molecule has 1 atom stereocenters. The number of rotatable bonds is 8. The molecule has 0 radical (unpaired) electrons. The van der Waals surface area contributed by atoms with E-state index in [0.717, 1.165) is 5.56 Å². The molecular weight excluding hydrogens is 416 g/mol. The molecule has 0 bridgehead atoms. The van der Waals surface area contributed by atoms with Crippen LogP contribution in [0.5, 0.6) is 0 Å². The van der Waals surface area contributed by atoms with Crippen LogP contribution in [0.25, 0.3) is 0 Å². The first kappa shape index (κ1) is 23.0. The minimum absolute atomic E-state index is 0.113. The molecule has 2 aromatic rings. The van der Waals surface area contributed by atoms with Crippen LogP contribution in [0, 0.1) is 5.92 Å². The number of carbonyl (C=O) groups is 2. The molecule has 2 aromatic carbocycles. The zero-order chi connectivity index (χ0) is 22.3. The van der Waals surface area contributed by atoms with Gasteiger partial charge in [0.2, 0.25) is 15.9 Å². The van der Waals surface area contributed by atoms with Gasteiger partial charge in [-0.25, -0.2) is 8.42 Å². The maximum absolute atomic E-state index is 13.3. The third-order valence-electron chi connectivity index (χ3n) is 5.36. The molecule has 0 aromatic heterocycles. The maximum atomic E-state index is 13.3. The largest absolute Gasteiger partial charge is 0.466 e. The summed E-state index contributed by atoms with van der Waals surface area (Å²) >= 11 is 0. The van der Waals surface area contributed by atoms with Crippen LogP contribution in [-0.4, -0.2) is 50.9 Å². The average molecular weight is 445 g/mol. The van der Waals surface area contributed by atoms with Crippen molar-refractivity contribution in [3.8, 4) is 0 Å². The predicted octanol–water partition coefficient (Wildman–Crippen LogP) is 2.38. The number of esters is 1. The van der Waals surface area contributed by atoms with Gasteiger partial charge >= 0.3 is 5.97 Å². The second-order valence-electron chi connectivity index (χ2n) is 7.53. The highest BCUT2D eigenvalue weighted by Gasteiger charge is 2.33. The van der Waals surface area contributed by atoms with Crippen LogP contribution in [-0.2, 0) is 30.8 Å². The topological polar surface area (TPSA) is 92.8 Å². The summed E-state index contributed by atoms with van der Waals surface area (Å²) in [5.74, 6) is -0.747. The Morgan fingerprint density at radius 3 is 2.19 bits per heavy atom. The Morgan fingerprint density at radius 1 is 1.03 bits per heavy atom. The summed E-state index contributed by atoms with van der Waals surface area (Å²) in [5.41, 5.74) is 0.859. The van der Waals surface area contributed by atoms with Gasteiger partial charge in [0.25, 0.3) is 0 Å². The average Bonchev–Trinajstić information content (AvgIpc) is 2.79. The molecule has 1 heterocycles. The second-order valence-corrected chi connectivity index (χ2v) is 9.24. The van der Waals surface area contributed by atoms with E-state index in [1.54, 1.807) is 30.0 Å². The number of ether oxygens (including phenoxy) is 1. The van der Waals surface area contributed by atoms with E-state index in [4.69, 9.17) is 4.74 Å². The summed E-state index contributed by atoms with van der Waals surface area (Å²) < 4.78 is 33.5. The number of benzene rings is 2. The van der Waals surface area contributed by atoms with Crippen LogP contribution in [0.2, 0.25) is 0 Å². The Bertz CT molecular complexity index is 972. The minimum Gasteiger partial charge on any atom is -0.466 e. The van der Waals surface area contributed by atoms with Crippen LogP contribution in [0.4, 0.5) is 0 Å². The molecule has 1 N–H and O–H groups in total. The third kappa shape index (κ3) is 6.15. The molecule has 3 rings (SSSR count). The summed E-state index contributed by atoms with van der Waals surface area (Å²) in [6, 6.07) is 16.4. The summed E-state index contributed by atoms with van der Waals surface area (Å²) in [6.45, 7) is 2.88. The molecule has 166 valence electrons. The van der Waals surface area contributed by atoms with Gasteiger partial charge in [0.05, 0.1) is 17.4 Å². The van der Waals surface area contributed by atoms with Gasteiger partial charge < -0.3 is 9.64 Å². The Morgan fingerprint density at radius 2 is 1.61 bits per heavy atom. The Balaban J connectivity index is 1.75. The van der Waals surface area contributed by atoms with E-state index in [2.05, 4.69) is 4.72 Å². The molecule has 8 heteroatoms. The summed E-state index contributed by atoms with van der Waals surface area (Å²) in [7, 11) is -3.87. The summed E-state index contributed by atoms with van der Waals surface area (Å²) in [4.78, 5) is 27.0. The van der Waals surface area contributed by atoms with E-state index >= 15 is 0 Å². The standard InChI is InChI=1S/C23H28N2O5S/c1-2-30-23(27)19-13-15-25(16-14-19)22(26)21(17-18-9-5-3-6-10-18)24-31(28,29)20-11-7-4-8-12-20/h3-12,19,21,24H,2,13-17H2,1H3/t21-/m1/s1. The minimum atomic E-state index is -3.87. The molecule has 1 aliphatic heterocycles. The molecule has 7 nitrogen and oxygen atoms in total. The predicted molar refractivity (Wildman–Crippen MR) is 117 cm³/mol. The van der Waals surface area contributed by atoms with E-state index < -0.39 is 16.1 Å². The van der Waals surface area contributed by atoms with Crippen molar-refractivity contribution in [2.24, 2.45) is 5.92 Å². The molecule has 0 saturated carbocycles. The highest BCUT2D eigenvalue weighted by Crippen LogP contribution is 2.21. The van der Waals surface area contributed by atoms with Gasteiger partial charge in [0, 0.05) is 13.1 Å². The summed E-state index contributed by atoms with van der Waals surface area (Å²) in [6.07, 6.45) is 1.26. The molecule has 31 heavy (non-hydrogen) atoms. The van der Waals surface area contributed by atoms with Crippen LogP contribution >= 0.6 is 0 Å². The lowest BCUT2D eigenvalue weighted by Gasteiger charge is -2.33. The summed E-state index contributed by atoms with van der Waals surface area (Å²) in [5, 5.41) is 0. The quantitative estimate of drug-likeness (QED) is 0.631. The first-order chi connectivity index (χ1) is 14.9. The van der Waals surface area contributed by atoms with Crippen molar-refractivity contribution in [1.82, 2.24) is 9.62 Å². The zero-order valence-corrected chi connectivity index (χ0v) is 18.4. The number of nitrogens with zero attached hydrogens (tertiary/aromatic N) is 1. The fourth-order valence-corrected chi connectivity index (χ4v) is 4.91. The van der Waals surface area contributed by atoms with Gasteiger partial charge in [-0.1, -0.05) is 48.5 Å². The number of hydrogen-bond donors (Lipinski definition) is 1. The van der Waals surface area contributed by atoms with Crippen LogP contribution in [0.1, 0.15) is 25.3 Å². The molecule has 1 aliphatic rings. The Labute approximate surface area is 183 Å². The van der Waals surface area contributed by atoms with Crippen molar-refractivity contribution in [3.05, 3.63) is 66.2 Å². The zero-order valence-electron chi connectivity index (χ0n) is 17.6. The Hall–Kier alpha value is -2.71. The molecule has 1 fully saturated rings. The number of hydrogen-bond acceptors (Lipinski definition) is 5. The van der Waals surface area contributed by atoms with Crippen molar-refractivity contribution in [3.63, 3.8) is 0 Å². The smallest absolute Gasteiger partial charge is 0.309 e. The fraction of sp³-hybridized carbons (Fsp3) is 0.391. The van der Waals surface area contributed by atoms with Gasteiger partial charge in [-0.2, -0.15) is 4.72 Å². The van der Waals surface area contributed by atoms with E-state index in [9.17, 15) is 18.0 Å². The maximum Gasteiger partial charge on any atom is 0.309 e. The highest BCUT2D eigenvalue weighted by atomic mass is 32.2. The number of nitrogens with one attached hydrogen (secondary N) is 1. The lowest BCUT2D eigenvalue weighted by Crippen LogP contribution is -2.52. The Kier molecular flexibility index (Phi) is 7.81. The van der Waals surface area contributed by atoms with E-state index in [-0.39, 0.29) is 29.1 Å². The van der Waals surface area contributed by atoms with Crippen LogP contribution < -0.4 is 4.72 Å². The molecule has 1 amide bonds. The van der Waals surface area contributed by atoms with Gasteiger partial charge in [0.1, 0.15) is 6.04 Å². The number of piperidine rings is 1. The number of carbonyl (C=O) groups excluding carboxylic acids is 2. The van der Waals surface area contributed by atoms with Crippen LogP contribution in [0.3, 0.4) is 0 Å². The van der Waals surface area contributed by atoms with Crippen molar-refractivity contribution in [2.75, 3.05) is 19.7 Å². The van der Waals surface area contributed by atoms with E-state index in [1.807, 2.05) is 30.3 Å². The van der Waals surface area contributed by atoms with Crippen molar-refractivity contribution >= 4 is 21.9 Å². The molecular formula is C23H28N2O5S. The lowest BCUT2D eigenvalue weighted by molar-refractivity contribution is -0.151. The number of likely N-dealkylation sites (tertiary alicyclic amines) is 1. The first-order valence-corrected chi connectivity index (χ1v) is 12.0. The number of amides is 1. The number of sulfonamides is 1. The second kappa shape index (κ2) is 10.5. The third-order valence-corrected chi connectivity index (χ3v) is 6.85. The molecule has 0 spiro atoms. The SMILES string of the molecule is CCOC(=O)C1CCN(C(=O)[C@@H](Cc2ccccc2)NS(=O)(=O)c2ccccc2)CC1. The molecule has 1 saturated heterocycles. The normalized spacial score (nSPS) is 16.0. The fourth-order valence-electron chi connectivity index (χ4n) is 3.70. The van der Waals surface area contributed by atoms with E-state index in [1.165, 1.54) is 12.1 Å². The van der Waals surface area contributed by atoms with Crippen molar-refractivity contribution < 1.29 is 22.7 Å². The monoisotopic (exact) mass is 444 g/mol. The highest BCUT2D eigenvalue weighted by molar-refractivity contribution is 7.89. The van der Waals surface area contributed by atoms with Gasteiger partial charge in [-0.3, -0.25) is 9.59 Å². The lowest BCUT2D eigenvalue weighted by atomic mass is 9.96. The van der Waals surface area contributed by atoms with Crippen molar-refractivity contribution in [1.29, 1.82) is 0 Å². The first-order valence-electron chi connectivity index (χ1n) is 10.5. The van der Waals surface area contributed by atoms with Gasteiger partial charge in [-0.05, 0) is 43.9 Å². The molecule has 0 unspecified atom stereocenters. The van der Waals surface area contributed by atoms with Crippen molar-refractivity contribution in [2.45, 2.75) is 37.1 Å². The van der Waals surface area contributed by atoms with Gasteiger partial charge in [0.15, 0.2) is 0 Å². The van der Waals surface area contributed by atoms with Gasteiger partial charge in [-0.15, -0.1) is 0 Å². The van der Waals surface area contributed by atoms with E-state index in [0.29, 0.717) is 32.5 Å². The molecule has 0 aliphatic carbocycles.